The average molecular weight is 520 g/mol. The number of nitrogens with one attached hydrogen (secondary N) is 1. The third-order valence-electron chi connectivity index (χ3n) is 6.08. The van der Waals surface area contributed by atoms with Crippen molar-refractivity contribution in [3.63, 3.8) is 0 Å². The van der Waals surface area contributed by atoms with Crippen molar-refractivity contribution in [3.8, 4) is 0 Å². The van der Waals surface area contributed by atoms with Crippen molar-refractivity contribution in [2.45, 2.75) is 31.8 Å². The first kappa shape index (κ1) is 27.8. The molecule has 5 nitrogen and oxygen atoms in total. The van der Waals surface area contributed by atoms with Gasteiger partial charge in [0.15, 0.2) is 0 Å². The fourth-order valence-electron chi connectivity index (χ4n) is 4.10. The molecule has 0 aliphatic heterocycles. The van der Waals surface area contributed by atoms with Gasteiger partial charge in [-0.25, -0.2) is 22.0 Å². The lowest BCUT2D eigenvalue weighted by Gasteiger charge is -2.31. The highest BCUT2D eigenvalue weighted by Crippen LogP contribution is 2.35. The number of carbonyl (C=O) groups is 2. The molecular formula is C27H26F5N3O2. The zero-order chi connectivity index (χ0) is 27.3. The third-order valence-corrected chi connectivity index (χ3v) is 6.08. The van der Waals surface area contributed by atoms with E-state index in [2.05, 4.69) is 5.32 Å². The van der Waals surface area contributed by atoms with E-state index in [1.54, 1.807) is 24.9 Å². The summed E-state index contributed by atoms with van der Waals surface area (Å²) in [5.41, 5.74) is 5.53. The number of amides is 1. The topological polar surface area (TPSA) is 75.4 Å². The highest BCUT2D eigenvalue weighted by Gasteiger charge is 2.30. The molecule has 0 heterocycles. The molecule has 0 fully saturated rings. The monoisotopic (exact) mass is 519 g/mol. The number of carbonyl (C=O) groups excluding carboxylic acids is 2. The lowest BCUT2D eigenvalue weighted by atomic mass is 9.79. The molecule has 0 aliphatic carbocycles. The van der Waals surface area contributed by atoms with E-state index in [1.807, 2.05) is 0 Å². The van der Waals surface area contributed by atoms with Crippen LogP contribution in [0.15, 0.2) is 48.5 Å². The molecule has 3 rings (SSSR count). The maximum absolute atomic E-state index is 14.0. The standard InChI is InChI=1S/C27H26F5N3O2/c1-27(15-36,5-6-33)22-4-3-17(26(37)34-13-21-23(31)11-20(30)12-24(21)32)9-25(22)35(2)14-16-7-18(28)10-19(29)8-16/h3-4,7-12,15H,5-6,13-14,33H2,1-2H3,(H,34,37). The molecule has 1 amide bonds. The van der Waals surface area contributed by atoms with Crippen LogP contribution < -0.4 is 16.0 Å². The summed E-state index contributed by atoms with van der Waals surface area (Å²) in [7, 11) is 1.63. The van der Waals surface area contributed by atoms with E-state index in [9.17, 15) is 31.5 Å². The van der Waals surface area contributed by atoms with Crippen LogP contribution in [-0.2, 0) is 23.3 Å². The minimum Gasteiger partial charge on any atom is -0.370 e. The predicted molar refractivity (Wildman–Crippen MR) is 129 cm³/mol. The molecule has 0 radical (unpaired) electrons. The summed E-state index contributed by atoms with van der Waals surface area (Å²) < 4.78 is 68.5. The van der Waals surface area contributed by atoms with Gasteiger partial charge in [-0.05, 0) is 55.3 Å². The first-order valence-corrected chi connectivity index (χ1v) is 11.4. The molecule has 0 aromatic heterocycles. The Bertz CT molecular complexity index is 1270. The van der Waals surface area contributed by atoms with Crippen LogP contribution in [0, 0.1) is 29.1 Å². The van der Waals surface area contributed by atoms with Crippen LogP contribution >= 0.6 is 0 Å². The van der Waals surface area contributed by atoms with Gasteiger partial charge in [-0.3, -0.25) is 4.79 Å². The quantitative estimate of drug-likeness (QED) is 0.299. The van der Waals surface area contributed by atoms with Crippen molar-refractivity contribution in [1.29, 1.82) is 0 Å². The Kier molecular flexibility index (Phi) is 8.65. The van der Waals surface area contributed by atoms with E-state index < -0.39 is 52.5 Å². The summed E-state index contributed by atoms with van der Waals surface area (Å²) >= 11 is 0. The van der Waals surface area contributed by atoms with Gasteiger partial charge in [0.25, 0.3) is 5.91 Å². The number of rotatable bonds is 10. The maximum Gasteiger partial charge on any atom is 0.251 e. The first-order chi connectivity index (χ1) is 17.5. The van der Waals surface area contributed by atoms with Crippen LogP contribution in [0.5, 0.6) is 0 Å². The van der Waals surface area contributed by atoms with E-state index >= 15 is 0 Å². The van der Waals surface area contributed by atoms with Crippen molar-refractivity contribution in [3.05, 3.63) is 99.9 Å². The Labute approximate surface area is 211 Å². The lowest BCUT2D eigenvalue weighted by molar-refractivity contribution is -0.112. The average Bonchev–Trinajstić information content (AvgIpc) is 2.82. The Hall–Kier alpha value is -3.79. The molecule has 37 heavy (non-hydrogen) atoms. The molecule has 196 valence electrons. The zero-order valence-corrected chi connectivity index (χ0v) is 20.3. The zero-order valence-electron chi connectivity index (χ0n) is 20.3. The van der Waals surface area contributed by atoms with Gasteiger partial charge in [0, 0.05) is 55.2 Å². The van der Waals surface area contributed by atoms with Crippen LogP contribution in [0.25, 0.3) is 0 Å². The fourth-order valence-corrected chi connectivity index (χ4v) is 4.10. The molecule has 0 bridgehead atoms. The van der Waals surface area contributed by atoms with Crippen LogP contribution in [-0.4, -0.2) is 25.8 Å². The van der Waals surface area contributed by atoms with Gasteiger partial charge in [0.1, 0.15) is 35.4 Å². The first-order valence-electron chi connectivity index (χ1n) is 11.4. The number of anilines is 1. The number of hydrogen-bond donors (Lipinski definition) is 2. The van der Waals surface area contributed by atoms with Gasteiger partial charge in [-0.1, -0.05) is 6.07 Å². The molecule has 1 unspecified atom stereocenters. The summed E-state index contributed by atoms with van der Waals surface area (Å²) in [6.45, 7) is 1.38. The number of benzene rings is 3. The smallest absolute Gasteiger partial charge is 0.251 e. The summed E-state index contributed by atoms with van der Waals surface area (Å²) in [6, 6.07) is 8.59. The third kappa shape index (κ3) is 6.51. The molecule has 0 aliphatic rings. The Morgan fingerprint density at radius 1 is 0.973 bits per heavy atom. The number of hydrogen-bond acceptors (Lipinski definition) is 4. The van der Waals surface area contributed by atoms with Crippen LogP contribution in [0.2, 0.25) is 0 Å². The number of halogens is 5. The second-order valence-corrected chi connectivity index (χ2v) is 8.97. The Morgan fingerprint density at radius 3 is 2.14 bits per heavy atom. The van der Waals surface area contributed by atoms with Crippen molar-refractivity contribution in [1.82, 2.24) is 5.32 Å². The van der Waals surface area contributed by atoms with Crippen molar-refractivity contribution < 1.29 is 31.5 Å². The second-order valence-electron chi connectivity index (χ2n) is 8.97. The van der Waals surface area contributed by atoms with Gasteiger partial charge < -0.3 is 20.7 Å². The molecule has 0 spiro atoms. The van der Waals surface area contributed by atoms with Gasteiger partial charge in [-0.15, -0.1) is 0 Å². The van der Waals surface area contributed by atoms with Crippen molar-refractivity contribution >= 4 is 17.9 Å². The normalized spacial score (nSPS) is 12.6. The molecule has 3 N–H and O–H groups in total. The molecular weight excluding hydrogens is 493 g/mol. The SMILES string of the molecule is CN(Cc1cc(F)cc(F)c1)c1cc(C(=O)NCc2c(F)cc(F)cc2F)ccc1C(C)(C=O)CCN. The van der Waals surface area contributed by atoms with Gasteiger partial charge in [0.05, 0.1) is 5.41 Å². The summed E-state index contributed by atoms with van der Waals surface area (Å²) in [4.78, 5) is 26.5. The molecule has 0 saturated carbocycles. The highest BCUT2D eigenvalue weighted by molar-refractivity contribution is 5.95. The van der Waals surface area contributed by atoms with E-state index in [0.717, 1.165) is 12.4 Å². The molecule has 0 saturated heterocycles. The molecule has 3 aromatic rings. The Balaban J connectivity index is 1.96. The van der Waals surface area contributed by atoms with Crippen molar-refractivity contribution in [2.24, 2.45) is 5.73 Å². The fraction of sp³-hybridized carbons (Fsp3) is 0.259. The van der Waals surface area contributed by atoms with Gasteiger partial charge >= 0.3 is 0 Å². The van der Waals surface area contributed by atoms with E-state index in [1.165, 1.54) is 24.3 Å². The van der Waals surface area contributed by atoms with E-state index in [-0.39, 0.29) is 18.7 Å². The maximum atomic E-state index is 14.0. The lowest BCUT2D eigenvalue weighted by Crippen LogP contribution is -2.31. The molecule has 10 heteroatoms. The van der Waals surface area contributed by atoms with Crippen LogP contribution in [0.1, 0.15) is 40.4 Å². The van der Waals surface area contributed by atoms with Crippen LogP contribution in [0.4, 0.5) is 27.6 Å². The summed E-state index contributed by atoms with van der Waals surface area (Å²) in [5.74, 6) is -5.55. The Morgan fingerprint density at radius 2 is 1.57 bits per heavy atom. The summed E-state index contributed by atoms with van der Waals surface area (Å²) in [5, 5.41) is 2.40. The number of nitrogens with two attached hydrogens (primary N) is 1. The largest absolute Gasteiger partial charge is 0.370 e. The van der Waals surface area contributed by atoms with E-state index in [4.69, 9.17) is 5.73 Å². The summed E-state index contributed by atoms with van der Waals surface area (Å²) in [6.07, 6.45) is 1.04. The molecule has 1 atom stereocenters. The van der Waals surface area contributed by atoms with Gasteiger partial charge in [-0.2, -0.15) is 0 Å². The van der Waals surface area contributed by atoms with Crippen LogP contribution in [0.3, 0.4) is 0 Å². The second kappa shape index (κ2) is 11.5. The minimum atomic E-state index is -1.14. The predicted octanol–water partition coefficient (Wildman–Crippen LogP) is 4.75. The van der Waals surface area contributed by atoms with Crippen molar-refractivity contribution in [2.75, 3.05) is 18.5 Å². The number of aldehydes is 1. The highest BCUT2D eigenvalue weighted by atomic mass is 19.2. The van der Waals surface area contributed by atoms with Gasteiger partial charge in [0.2, 0.25) is 0 Å². The number of nitrogens with zero attached hydrogens (tertiary/aromatic N) is 1. The molecule has 3 aromatic carbocycles. The minimum absolute atomic E-state index is 0.0380. The van der Waals surface area contributed by atoms with E-state index in [0.29, 0.717) is 35.4 Å².